The fourth-order valence-electron chi connectivity index (χ4n) is 2.34. The summed E-state index contributed by atoms with van der Waals surface area (Å²) in [6.07, 6.45) is 0.303. The highest BCUT2D eigenvalue weighted by Crippen LogP contribution is 2.24. The van der Waals surface area contributed by atoms with Crippen LogP contribution < -0.4 is 15.4 Å². The summed E-state index contributed by atoms with van der Waals surface area (Å²) >= 11 is 5.91. The Balaban J connectivity index is 1.76. The first-order valence-electron chi connectivity index (χ1n) is 8.61. The lowest BCUT2D eigenvalue weighted by Gasteiger charge is -2.11. The Morgan fingerprint density at radius 2 is 1.86 bits per heavy atom. The van der Waals surface area contributed by atoms with Crippen molar-refractivity contribution in [3.8, 4) is 5.75 Å². The molecule has 0 aliphatic carbocycles. The van der Waals surface area contributed by atoms with Crippen molar-refractivity contribution in [2.24, 2.45) is 0 Å². The quantitative estimate of drug-likeness (QED) is 0.271. The Bertz CT molecular complexity index is 855. The molecule has 0 heterocycles. The summed E-state index contributed by atoms with van der Waals surface area (Å²) < 4.78 is 5.45. The minimum absolute atomic E-state index is 0.0131. The minimum Gasteiger partial charge on any atom is -0.483 e. The molecule has 0 aromatic heterocycles. The number of amides is 1. The number of anilines is 1. The second kappa shape index (κ2) is 10.3. The molecule has 0 aliphatic heterocycles. The molecule has 2 aromatic rings. The highest BCUT2D eigenvalue weighted by atomic mass is 35.5. The number of Topliss-reactive ketones (excluding diaryl/α,β-unsaturated/α-hetero) is 1. The molecule has 0 saturated heterocycles. The molecule has 8 nitrogen and oxygen atoms in total. The van der Waals surface area contributed by atoms with Gasteiger partial charge in [0.15, 0.2) is 12.4 Å². The Morgan fingerprint density at radius 1 is 1.14 bits per heavy atom. The van der Waals surface area contributed by atoms with Crippen LogP contribution in [0.5, 0.6) is 5.75 Å². The summed E-state index contributed by atoms with van der Waals surface area (Å²) in [5, 5.41) is 16.7. The van der Waals surface area contributed by atoms with Crippen LogP contribution in [0.4, 0.5) is 11.4 Å². The van der Waals surface area contributed by atoms with E-state index in [0.717, 1.165) is 0 Å². The van der Waals surface area contributed by atoms with Gasteiger partial charge in [-0.15, -0.1) is 0 Å². The van der Waals surface area contributed by atoms with Crippen LogP contribution in [0.2, 0.25) is 5.02 Å². The second-order valence-corrected chi connectivity index (χ2v) is 6.22. The van der Waals surface area contributed by atoms with Crippen molar-refractivity contribution in [2.75, 3.05) is 25.0 Å². The van der Waals surface area contributed by atoms with Gasteiger partial charge in [-0.1, -0.05) is 18.5 Å². The van der Waals surface area contributed by atoms with Gasteiger partial charge in [0.25, 0.3) is 11.6 Å². The number of benzene rings is 2. The van der Waals surface area contributed by atoms with Gasteiger partial charge in [0.2, 0.25) is 0 Å². The smallest absolute Gasteiger partial charge is 0.269 e. The van der Waals surface area contributed by atoms with E-state index in [2.05, 4.69) is 10.6 Å². The van der Waals surface area contributed by atoms with E-state index >= 15 is 0 Å². The van der Waals surface area contributed by atoms with Gasteiger partial charge in [0.05, 0.1) is 10.5 Å². The topological polar surface area (TPSA) is 111 Å². The van der Waals surface area contributed by atoms with E-state index in [0.29, 0.717) is 41.5 Å². The lowest BCUT2D eigenvalue weighted by atomic mass is 10.1. The molecule has 2 N–H and O–H groups in total. The number of carbonyl (C=O) groups is 2. The molecule has 0 spiro atoms. The van der Waals surface area contributed by atoms with Crippen LogP contribution in [0.15, 0.2) is 42.5 Å². The summed E-state index contributed by atoms with van der Waals surface area (Å²) in [5.41, 5.74) is 1.07. The average molecular weight is 406 g/mol. The van der Waals surface area contributed by atoms with Gasteiger partial charge in [-0.05, 0) is 30.3 Å². The Kier molecular flexibility index (Phi) is 7.76. The minimum atomic E-state index is -0.468. The standard InChI is InChI=1S/C19H20ClN3O5/c1-2-17(24)16-11-13(20)3-8-18(16)28-12-19(25)22-10-9-21-14-4-6-15(7-5-14)23(26)27/h3-8,11,21H,2,9-10,12H2,1H3,(H,22,25). The first-order chi connectivity index (χ1) is 13.4. The molecule has 0 aliphatic rings. The highest BCUT2D eigenvalue weighted by Gasteiger charge is 2.13. The summed E-state index contributed by atoms with van der Waals surface area (Å²) in [5.74, 6) is -0.143. The van der Waals surface area contributed by atoms with Crippen molar-refractivity contribution < 1.29 is 19.2 Å². The summed E-state index contributed by atoms with van der Waals surface area (Å²) in [7, 11) is 0. The van der Waals surface area contributed by atoms with Crippen molar-refractivity contribution in [3.05, 3.63) is 63.2 Å². The number of carbonyl (C=O) groups excluding carboxylic acids is 2. The molecule has 0 bridgehead atoms. The second-order valence-electron chi connectivity index (χ2n) is 5.79. The number of rotatable bonds is 10. The van der Waals surface area contributed by atoms with E-state index in [4.69, 9.17) is 16.3 Å². The predicted octanol–water partition coefficient (Wildman–Crippen LogP) is 3.45. The highest BCUT2D eigenvalue weighted by molar-refractivity contribution is 6.31. The van der Waals surface area contributed by atoms with Crippen LogP contribution in [-0.2, 0) is 4.79 Å². The van der Waals surface area contributed by atoms with Crippen LogP contribution in [0.3, 0.4) is 0 Å². The first kappa shape index (κ1) is 21.2. The van der Waals surface area contributed by atoms with Crippen molar-refractivity contribution in [1.29, 1.82) is 0 Å². The zero-order valence-corrected chi connectivity index (χ0v) is 16.0. The van der Waals surface area contributed by atoms with E-state index in [9.17, 15) is 19.7 Å². The van der Waals surface area contributed by atoms with Gasteiger partial charge < -0.3 is 15.4 Å². The van der Waals surface area contributed by atoms with E-state index in [-0.39, 0.29) is 24.0 Å². The maximum absolute atomic E-state index is 12.0. The van der Waals surface area contributed by atoms with Gasteiger partial charge in [-0.3, -0.25) is 19.7 Å². The predicted molar refractivity (Wildman–Crippen MR) is 106 cm³/mol. The number of hydrogen-bond donors (Lipinski definition) is 2. The number of nitrogens with one attached hydrogen (secondary N) is 2. The largest absolute Gasteiger partial charge is 0.483 e. The third-order valence-electron chi connectivity index (χ3n) is 3.78. The lowest BCUT2D eigenvalue weighted by molar-refractivity contribution is -0.384. The zero-order valence-electron chi connectivity index (χ0n) is 15.2. The van der Waals surface area contributed by atoms with Crippen molar-refractivity contribution in [1.82, 2.24) is 5.32 Å². The van der Waals surface area contributed by atoms with E-state index in [1.165, 1.54) is 18.2 Å². The number of halogens is 1. The average Bonchev–Trinajstić information content (AvgIpc) is 2.70. The van der Waals surface area contributed by atoms with Gasteiger partial charge in [-0.25, -0.2) is 0 Å². The lowest BCUT2D eigenvalue weighted by Crippen LogP contribution is -2.32. The fraction of sp³-hybridized carbons (Fsp3) is 0.263. The number of nitro groups is 1. The zero-order chi connectivity index (χ0) is 20.5. The summed E-state index contributed by atoms with van der Waals surface area (Å²) in [6, 6.07) is 10.7. The molecule has 9 heteroatoms. The Hall–Kier alpha value is -3.13. The van der Waals surface area contributed by atoms with Crippen LogP contribution in [-0.4, -0.2) is 36.3 Å². The molecule has 0 fully saturated rings. The molecule has 148 valence electrons. The third kappa shape index (κ3) is 6.24. The Labute approximate surface area is 167 Å². The number of nitrogens with zero attached hydrogens (tertiary/aromatic N) is 1. The number of ether oxygens (including phenoxy) is 1. The van der Waals surface area contributed by atoms with Crippen molar-refractivity contribution in [2.45, 2.75) is 13.3 Å². The number of non-ortho nitro benzene ring substituents is 1. The molecule has 0 atom stereocenters. The van der Waals surface area contributed by atoms with Crippen LogP contribution in [0.25, 0.3) is 0 Å². The molecular weight excluding hydrogens is 386 g/mol. The molecule has 1 amide bonds. The number of ketones is 1. The van der Waals surface area contributed by atoms with Crippen molar-refractivity contribution >= 4 is 34.7 Å². The molecule has 28 heavy (non-hydrogen) atoms. The van der Waals surface area contributed by atoms with Gasteiger partial charge in [0, 0.05) is 42.4 Å². The molecule has 0 unspecified atom stereocenters. The maximum Gasteiger partial charge on any atom is 0.269 e. The Morgan fingerprint density at radius 3 is 2.50 bits per heavy atom. The van der Waals surface area contributed by atoms with Gasteiger partial charge in [-0.2, -0.15) is 0 Å². The van der Waals surface area contributed by atoms with Crippen LogP contribution >= 0.6 is 11.6 Å². The van der Waals surface area contributed by atoms with Gasteiger partial charge in [0.1, 0.15) is 5.75 Å². The molecule has 2 rings (SSSR count). The van der Waals surface area contributed by atoms with Gasteiger partial charge >= 0.3 is 0 Å². The van der Waals surface area contributed by atoms with Crippen molar-refractivity contribution in [3.63, 3.8) is 0 Å². The molecule has 0 saturated carbocycles. The normalized spacial score (nSPS) is 10.2. The van der Waals surface area contributed by atoms with E-state index < -0.39 is 4.92 Å². The van der Waals surface area contributed by atoms with Crippen LogP contribution in [0.1, 0.15) is 23.7 Å². The third-order valence-corrected chi connectivity index (χ3v) is 4.01. The fourth-order valence-corrected chi connectivity index (χ4v) is 2.51. The van der Waals surface area contributed by atoms with Crippen LogP contribution in [0, 0.1) is 10.1 Å². The maximum atomic E-state index is 12.0. The first-order valence-corrected chi connectivity index (χ1v) is 8.99. The van der Waals surface area contributed by atoms with E-state index in [1.807, 2.05) is 0 Å². The summed E-state index contributed by atoms with van der Waals surface area (Å²) in [4.78, 5) is 34.0. The SMILES string of the molecule is CCC(=O)c1cc(Cl)ccc1OCC(=O)NCCNc1ccc([N+](=O)[O-])cc1. The molecule has 2 aromatic carbocycles. The number of nitro benzene ring substituents is 1. The van der Waals surface area contributed by atoms with E-state index in [1.54, 1.807) is 31.2 Å². The molecule has 0 radical (unpaired) electrons. The monoisotopic (exact) mass is 405 g/mol. The molecular formula is C19H20ClN3O5. The summed E-state index contributed by atoms with van der Waals surface area (Å²) in [6.45, 7) is 2.27. The number of hydrogen-bond acceptors (Lipinski definition) is 6.